The summed E-state index contributed by atoms with van der Waals surface area (Å²) in [6.07, 6.45) is 0. The molecule has 0 saturated heterocycles. The summed E-state index contributed by atoms with van der Waals surface area (Å²) in [6.45, 7) is 0. The third-order valence-corrected chi connectivity index (χ3v) is 0. The van der Waals surface area contributed by atoms with Gasteiger partial charge in [0.05, 0.1) is 0 Å². The molecule has 0 aliphatic rings. The van der Waals surface area contributed by atoms with Gasteiger partial charge in [-0.3, -0.25) is 0 Å². The molecule has 0 aliphatic heterocycles. The van der Waals surface area contributed by atoms with Crippen LogP contribution in [0.5, 0.6) is 0 Å². The Hall–Kier alpha value is 0.586. The van der Waals surface area contributed by atoms with Crippen LogP contribution in [-0.4, -0.2) is 23.1 Å². The van der Waals surface area contributed by atoms with E-state index in [4.69, 9.17) is 0 Å². The molecule has 0 rings (SSSR count). The van der Waals surface area contributed by atoms with Crippen LogP contribution < -0.4 is 15.6 Å². The van der Waals surface area contributed by atoms with Crippen molar-refractivity contribution in [2.45, 2.75) is 0 Å². The first-order valence-corrected chi connectivity index (χ1v) is 0. The van der Waals surface area contributed by atoms with Crippen molar-refractivity contribution in [3.05, 3.63) is 0 Å². The molecule has 4 heavy (non-hydrogen) atoms. The van der Waals surface area contributed by atoms with Crippen LogP contribution in [-0.2, 0) is 0 Å². The molecule has 0 saturated carbocycles. The normalized spacial score (nSPS) is 0. The zero-order valence-corrected chi connectivity index (χ0v) is 3.58. The Morgan fingerprint density at radius 1 is 0.750 bits per heavy atom. The first-order chi connectivity index (χ1) is 0. The average Bonchev–Trinajstić information content (AvgIpc) is 0. The van der Waals surface area contributed by atoms with Crippen molar-refractivity contribution in [1.29, 1.82) is 0 Å². The molecule has 0 aromatic carbocycles. The van der Waals surface area contributed by atoms with Crippen molar-refractivity contribution >= 4 is 23.1 Å². The van der Waals surface area contributed by atoms with Gasteiger partial charge in [0.15, 0.2) is 0 Å². The smallest absolute Gasteiger partial charge is 1.00 e. The fourth-order valence-corrected chi connectivity index (χ4v) is 0. The Labute approximate surface area is 39.2 Å². The second-order valence-electron chi connectivity index (χ2n) is 0. The molecule has 1 nitrogen and oxygen atoms in total. The first-order valence-electron chi connectivity index (χ1n) is 0. The van der Waals surface area contributed by atoms with Gasteiger partial charge in [-0.25, -0.2) is 0 Å². The van der Waals surface area contributed by atoms with Crippen molar-refractivity contribution in [3.8, 4) is 0 Å². The summed E-state index contributed by atoms with van der Waals surface area (Å²) in [5.74, 6) is 0. The molecule has 0 bridgehead atoms. The van der Waals surface area contributed by atoms with Crippen LogP contribution in [0.1, 0.15) is 0 Å². The van der Waals surface area contributed by atoms with Crippen molar-refractivity contribution in [2.24, 2.45) is 0 Å². The topological polar surface area (TPSA) is 35.0 Å². The van der Waals surface area contributed by atoms with Crippen LogP contribution in [0.4, 0.5) is 0 Å². The Kier molecular flexibility index (Phi) is 2990. The quantitative estimate of drug-likeness (QED) is 0.288. The minimum atomic E-state index is 0. The van der Waals surface area contributed by atoms with Crippen molar-refractivity contribution in [3.63, 3.8) is 0 Å². The van der Waals surface area contributed by atoms with Gasteiger partial charge in [0.1, 0.15) is 0 Å². The maximum Gasteiger partial charge on any atom is 2.00 e. The summed E-state index contributed by atoms with van der Waals surface area (Å²) < 4.78 is 0. The Morgan fingerprint density at radius 3 is 0.750 bits per heavy atom. The number of halogens is 2. The van der Waals surface area contributed by atoms with Gasteiger partial charge in [-0.2, -0.15) is 0 Å². The fraction of sp³-hybridized carbons (Fsp3) is 0. The summed E-state index contributed by atoms with van der Waals surface area (Å²) in [5, 5.41) is 0. The molecule has 0 atom stereocenters. The molecule has 0 spiro atoms. The van der Waals surface area contributed by atoms with Gasteiger partial charge in [0.2, 0.25) is 0 Å². The van der Waals surface area contributed by atoms with Gasteiger partial charge in [-0.1, -0.05) is 0 Å². The van der Waals surface area contributed by atoms with Gasteiger partial charge in [-0.05, 0) is 0 Å². The van der Waals surface area contributed by atoms with Crippen LogP contribution >= 0.6 is 0 Å². The number of hydrogen-bond donors (Lipinski definition) is 1. The molecular formula is H3F2MgN. The monoisotopic (exact) mass is 79.0 g/mol. The summed E-state index contributed by atoms with van der Waals surface area (Å²) >= 11 is 0. The Morgan fingerprint density at radius 2 is 0.750 bits per heavy atom. The Bertz CT molecular complexity index is 6.00. The number of rotatable bonds is 0. The largest absolute Gasteiger partial charge is 2.00 e. The van der Waals surface area contributed by atoms with E-state index in [0.717, 1.165) is 0 Å². The summed E-state index contributed by atoms with van der Waals surface area (Å²) in [7, 11) is 0. The van der Waals surface area contributed by atoms with Crippen molar-refractivity contribution < 1.29 is 9.41 Å². The molecular weight excluding hydrogens is 76.3 g/mol. The molecule has 0 fully saturated rings. The first kappa shape index (κ1) is 172. The molecule has 0 aliphatic carbocycles. The molecule has 0 aromatic heterocycles. The minimum absolute atomic E-state index is 0. The van der Waals surface area contributed by atoms with Crippen LogP contribution in [0.15, 0.2) is 0 Å². The number of hydrogen-bond acceptors (Lipinski definition) is 1. The van der Waals surface area contributed by atoms with Crippen molar-refractivity contribution in [2.75, 3.05) is 0 Å². The maximum atomic E-state index is 0. The predicted molar refractivity (Wildman–Crippen MR) is 10.8 cm³/mol. The SMILES string of the molecule is N.[F-].[F-].[Mg+2]. The molecule has 24 valence electrons. The van der Waals surface area contributed by atoms with E-state index >= 15 is 0 Å². The molecule has 0 heterocycles. The standard InChI is InChI=1S/2FH.Mg.H3N/h2*1H;;1H3/q;;+2;/p-2. The van der Waals surface area contributed by atoms with E-state index in [9.17, 15) is 0 Å². The van der Waals surface area contributed by atoms with Gasteiger partial charge < -0.3 is 15.6 Å². The molecule has 3 N–H and O–H groups in total. The summed E-state index contributed by atoms with van der Waals surface area (Å²) in [5.41, 5.74) is 0. The van der Waals surface area contributed by atoms with Crippen molar-refractivity contribution in [1.82, 2.24) is 6.15 Å². The summed E-state index contributed by atoms with van der Waals surface area (Å²) in [4.78, 5) is 0. The molecule has 0 radical (unpaired) electrons. The van der Waals surface area contributed by atoms with Crippen LogP contribution in [0, 0.1) is 0 Å². The minimum Gasteiger partial charge on any atom is -1.00 e. The van der Waals surface area contributed by atoms with Gasteiger partial charge in [0.25, 0.3) is 0 Å². The molecule has 0 amide bonds. The maximum absolute atomic E-state index is 0. The Balaban J connectivity index is 0. The fourth-order valence-electron chi connectivity index (χ4n) is 0. The van der Waals surface area contributed by atoms with E-state index in [2.05, 4.69) is 0 Å². The van der Waals surface area contributed by atoms with E-state index in [1.165, 1.54) is 0 Å². The second-order valence-corrected chi connectivity index (χ2v) is 0. The van der Waals surface area contributed by atoms with E-state index in [-0.39, 0.29) is 38.6 Å². The zero-order valence-electron chi connectivity index (χ0n) is 2.17. The average molecular weight is 79.3 g/mol. The van der Waals surface area contributed by atoms with E-state index in [1.807, 2.05) is 0 Å². The van der Waals surface area contributed by atoms with Crippen LogP contribution in [0.3, 0.4) is 0 Å². The van der Waals surface area contributed by atoms with Crippen LogP contribution in [0.25, 0.3) is 0 Å². The predicted octanol–water partition coefficient (Wildman–Crippen LogP) is -6.21. The van der Waals surface area contributed by atoms with E-state index in [1.54, 1.807) is 0 Å². The molecule has 4 heteroatoms. The van der Waals surface area contributed by atoms with Gasteiger partial charge >= 0.3 is 23.1 Å². The second kappa shape index (κ2) is 69.8. The van der Waals surface area contributed by atoms with Gasteiger partial charge in [0, 0.05) is 0 Å². The van der Waals surface area contributed by atoms with Gasteiger partial charge in [-0.15, -0.1) is 0 Å². The van der Waals surface area contributed by atoms with E-state index < -0.39 is 0 Å². The third-order valence-electron chi connectivity index (χ3n) is 0. The summed E-state index contributed by atoms with van der Waals surface area (Å²) in [6, 6.07) is 0. The molecule has 0 unspecified atom stereocenters. The van der Waals surface area contributed by atoms with Crippen LogP contribution in [0.2, 0.25) is 0 Å². The third kappa shape index (κ3) is 18.9. The zero-order chi connectivity index (χ0) is 0. The van der Waals surface area contributed by atoms with E-state index in [0.29, 0.717) is 0 Å². The molecule has 0 aromatic rings.